The molecule has 0 atom stereocenters. The number of nitrogens with zero attached hydrogens (tertiary/aromatic N) is 6. The van der Waals surface area contributed by atoms with Crippen LogP contribution in [-0.4, -0.2) is 29.9 Å². The van der Waals surface area contributed by atoms with Crippen LogP contribution in [0.3, 0.4) is 0 Å². The van der Waals surface area contributed by atoms with Crippen LogP contribution in [0.5, 0.6) is 0 Å². The van der Waals surface area contributed by atoms with Gasteiger partial charge in [0, 0.05) is 0 Å². The van der Waals surface area contributed by atoms with E-state index in [1.807, 2.05) is 0 Å². The van der Waals surface area contributed by atoms with Crippen molar-refractivity contribution in [2.24, 2.45) is 0 Å². The van der Waals surface area contributed by atoms with Crippen LogP contribution in [0.4, 0.5) is 0 Å². The summed E-state index contributed by atoms with van der Waals surface area (Å²) in [4.78, 5) is 20.8. The third kappa shape index (κ3) is 6.08. The van der Waals surface area contributed by atoms with Crippen LogP contribution >= 0.6 is 69.6 Å². The van der Waals surface area contributed by atoms with E-state index in [2.05, 4.69) is 29.9 Å². The van der Waals surface area contributed by atoms with Crippen molar-refractivity contribution in [3.05, 3.63) is 31.7 Å². The van der Waals surface area contributed by atoms with E-state index in [4.69, 9.17) is 69.6 Å². The first kappa shape index (κ1) is 15.8. The Morgan fingerprint density at radius 1 is 0.333 bits per heavy atom. The molecule has 12 heteroatoms. The third-order valence-electron chi connectivity index (χ3n) is 1.11. The highest BCUT2D eigenvalue weighted by Crippen LogP contribution is 2.09. The van der Waals surface area contributed by atoms with Gasteiger partial charge in [0.25, 0.3) is 0 Å². The van der Waals surface area contributed by atoms with Crippen molar-refractivity contribution in [1.82, 2.24) is 29.9 Å². The van der Waals surface area contributed by atoms with Crippen molar-refractivity contribution >= 4 is 69.6 Å². The Bertz CT molecular complexity index is 400. The van der Waals surface area contributed by atoms with Gasteiger partial charge in [0.15, 0.2) is 0 Å². The second kappa shape index (κ2) is 7.37. The fraction of sp³-hybridized carbons (Fsp3) is 0. The van der Waals surface area contributed by atoms with Crippen molar-refractivity contribution < 1.29 is 0 Å². The molecule has 0 unspecified atom stereocenters. The van der Waals surface area contributed by atoms with Gasteiger partial charge < -0.3 is 0 Å². The van der Waals surface area contributed by atoms with Crippen LogP contribution in [0, 0.1) is 0 Å². The molecule has 6 nitrogen and oxygen atoms in total. The summed E-state index contributed by atoms with van der Waals surface area (Å²) in [5.74, 6) is 0. The SMILES string of the molecule is Clc1nc(Cl)nc(Cl)n1.Clc1nc(Cl)nc(Cl)n1. The first-order valence-electron chi connectivity index (χ1n) is 3.82. The Morgan fingerprint density at radius 2 is 0.444 bits per heavy atom. The van der Waals surface area contributed by atoms with E-state index in [1.54, 1.807) is 0 Å². The van der Waals surface area contributed by atoms with Crippen LogP contribution in [0.25, 0.3) is 0 Å². The number of hydrogen-bond acceptors (Lipinski definition) is 6. The fourth-order valence-corrected chi connectivity index (χ4v) is 1.83. The third-order valence-corrected chi connectivity index (χ3v) is 2.12. The molecule has 0 bridgehead atoms. The summed E-state index contributed by atoms with van der Waals surface area (Å²) in [5.41, 5.74) is 0. The van der Waals surface area contributed by atoms with Crippen LogP contribution in [0.15, 0.2) is 0 Å². The molecule has 0 aliphatic rings. The van der Waals surface area contributed by atoms with Gasteiger partial charge in [0.05, 0.1) is 0 Å². The molecule has 2 aromatic rings. The lowest BCUT2D eigenvalue weighted by Crippen LogP contribution is -1.87. The molecule has 0 aliphatic carbocycles. The Morgan fingerprint density at radius 3 is 0.556 bits per heavy atom. The van der Waals surface area contributed by atoms with E-state index in [9.17, 15) is 0 Å². The molecule has 2 rings (SSSR count). The summed E-state index contributed by atoms with van der Waals surface area (Å²) >= 11 is 31.9. The molecule has 2 aromatic heterocycles. The number of hydrogen-bond donors (Lipinski definition) is 0. The minimum absolute atomic E-state index is 0.000000000000000444. The molecule has 0 saturated carbocycles. The van der Waals surface area contributed by atoms with E-state index in [-0.39, 0.29) is 31.7 Å². The lowest BCUT2D eigenvalue weighted by Gasteiger charge is -1.88. The van der Waals surface area contributed by atoms with Gasteiger partial charge in [-0.15, -0.1) is 0 Å². The normalized spacial score (nSPS) is 9.67. The average Bonchev–Trinajstić information content (AvgIpc) is 2.12. The second-order valence-electron chi connectivity index (χ2n) is 2.29. The summed E-state index contributed by atoms with van der Waals surface area (Å²) in [6.45, 7) is 0. The molecule has 0 spiro atoms. The molecule has 2 heterocycles. The van der Waals surface area contributed by atoms with Crippen molar-refractivity contribution in [3.63, 3.8) is 0 Å². The van der Waals surface area contributed by atoms with E-state index in [0.29, 0.717) is 0 Å². The van der Waals surface area contributed by atoms with Crippen molar-refractivity contribution in [2.45, 2.75) is 0 Å². The Labute approximate surface area is 131 Å². The molecule has 0 N–H and O–H groups in total. The lowest BCUT2D eigenvalue weighted by molar-refractivity contribution is 1.05. The molecule has 0 aromatic carbocycles. The molecule has 0 aliphatic heterocycles. The smallest absolute Gasteiger partial charge is 0.187 e. The van der Waals surface area contributed by atoms with E-state index in [0.717, 1.165) is 0 Å². The summed E-state index contributed by atoms with van der Waals surface area (Å²) in [6, 6.07) is 0. The molecule has 0 saturated heterocycles. The largest absolute Gasteiger partial charge is 0.227 e. The highest BCUT2D eigenvalue weighted by molar-refractivity contribution is 6.34. The van der Waals surface area contributed by atoms with Crippen molar-refractivity contribution in [1.29, 1.82) is 0 Å². The quantitative estimate of drug-likeness (QED) is 0.706. The highest BCUT2D eigenvalue weighted by Gasteiger charge is 1.98. The Kier molecular flexibility index (Phi) is 6.48. The van der Waals surface area contributed by atoms with Crippen LogP contribution in [0.1, 0.15) is 0 Å². The number of aromatic nitrogens is 6. The van der Waals surface area contributed by atoms with Gasteiger partial charge in [-0.05, 0) is 69.6 Å². The van der Waals surface area contributed by atoms with Gasteiger partial charge in [-0.25, -0.2) is 0 Å². The highest BCUT2D eigenvalue weighted by atomic mass is 35.5. The number of halogens is 6. The van der Waals surface area contributed by atoms with Crippen LogP contribution in [-0.2, 0) is 0 Å². The molecule has 18 heavy (non-hydrogen) atoms. The zero-order chi connectivity index (χ0) is 13.7. The van der Waals surface area contributed by atoms with E-state index < -0.39 is 0 Å². The van der Waals surface area contributed by atoms with Gasteiger partial charge in [-0.1, -0.05) is 0 Å². The first-order chi connectivity index (χ1) is 8.36. The van der Waals surface area contributed by atoms with Crippen molar-refractivity contribution in [2.75, 3.05) is 0 Å². The molecule has 0 fully saturated rings. The standard InChI is InChI=1S/2C3Cl3N3/c2*4-1-7-2(5)9-3(6)8-1. The van der Waals surface area contributed by atoms with Gasteiger partial charge in [0.2, 0.25) is 31.7 Å². The Balaban J connectivity index is 0.000000180. The minimum atomic E-state index is 0.000000000000000444. The second-order valence-corrected chi connectivity index (χ2v) is 4.31. The fourth-order valence-electron chi connectivity index (χ4n) is 0.607. The summed E-state index contributed by atoms with van der Waals surface area (Å²) in [5, 5.41) is 0.00000000000000355. The van der Waals surface area contributed by atoms with Crippen molar-refractivity contribution in [3.8, 4) is 0 Å². The van der Waals surface area contributed by atoms with Gasteiger partial charge in [-0.3, -0.25) is 0 Å². The van der Waals surface area contributed by atoms with Crippen LogP contribution < -0.4 is 0 Å². The van der Waals surface area contributed by atoms with Gasteiger partial charge in [0.1, 0.15) is 0 Å². The van der Waals surface area contributed by atoms with E-state index >= 15 is 0 Å². The molecular formula is C6Cl6N6. The molecule has 0 amide bonds. The predicted octanol–water partition coefficient (Wildman–Crippen LogP) is 3.66. The van der Waals surface area contributed by atoms with E-state index in [1.165, 1.54) is 0 Å². The Hall–Kier alpha value is -0.240. The maximum absolute atomic E-state index is 5.32. The number of rotatable bonds is 0. The average molecular weight is 369 g/mol. The first-order valence-corrected chi connectivity index (χ1v) is 6.08. The summed E-state index contributed by atoms with van der Waals surface area (Å²) in [7, 11) is 0. The molecule has 96 valence electrons. The zero-order valence-corrected chi connectivity index (χ0v) is 12.5. The molecular weight excluding hydrogens is 369 g/mol. The molecule has 0 radical (unpaired) electrons. The van der Waals surface area contributed by atoms with Gasteiger partial charge >= 0.3 is 0 Å². The maximum atomic E-state index is 5.32. The minimum Gasteiger partial charge on any atom is -0.187 e. The monoisotopic (exact) mass is 366 g/mol. The lowest BCUT2D eigenvalue weighted by atomic mass is 11.1. The summed E-state index contributed by atoms with van der Waals surface area (Å²) in [6.07, 6.45) is 0. The summed E-state index contributed by atoms with van der Waals surface area (Å²) < 4.78 is 0. The van der Waals surface area contributed by atoms with Gasteiger partial charge in [-0.2, -0.15) is 29.9 Å². The topological polar surface area (TPSA) is 77.3 Å². The van der Waals surface area contributed by atoms with Crippen LogP contribution in [0.2, 0.25) is 31.7 Å². The zero-order valence-electron chi connectivity index (χ0n) is 7.95. The maximum Gasteiger partial charge on any atom is 0.227 e. The predicted molar refractivity (Wildman–Crippen MR) is 69.7 cm³/mol.